The summed E-state index contributed by atoms with van der Waals surface area (Å²) >= 11 is 1.48. The van der Waals surface area contributed by atoms with Crippen LogP contribution in [0.1, 0.15) is 42.6 Å². The molecular weight excluding hydrogens is 486 g/mol. The Hall–Kier alpha value is -3.41. The van der Waals surface area contributed by atoms with Gasteiger partial charge < -0.3 is 15.6 Å². The van der Waals surface area contributed by atoms with Crippen LogP contribution in [0, 0.1) is 11.2 Å². The van der Waals surface area contributed by atoms with Gasteiger partial charge in [0.2, 0.25) is 5.82 Å². The zero-order valence-corrected chi connectivity index (χ0v) is 19.9. The van der Waals surface area contributed by atoms with Crippen molar-refractivity contribution in [3.8, 4) is 11.4 Å². The van der Waals surface area contributed by atoms with Crippen LogP contribution in [0.2, 0.25) is 0 Å². The third-order valence-electron chi connectivity index (χ3n) is 5.31. The van der Waals surface area contributed by atoms with E-state index in [-0.39, 0.29) is 33.4 Å². The molecule has 0 saturated carbocycles. The van der Waals surface area contributed by atoms with Gasteiger partial charge in [-0.3, -0.25) is 9.78 Å². The average Bonchev–Trinajstić information content (AvgIpc) is 3.32. The summed E-state index contributed by atoms with van der Waals surface area (Å²) in [5, 5.41) is 7.95. The van der Waals surface area contributed by atoms with Gasteiger partial charge in [-0.05, 0) is 46.7 Å². The van der Waals surface area contributed by atoms with Crippen molar-refractivity contribution in [1.29, 1.82) is 0 Å². The van der Waals surface area contributed by atoms with E-state index in [0.29, 0.717) is 17.8 Å². The van der Waals surface area contributed by atoms with E-state index < -0.39 is 18.0 Å². The molecule has 0 aliphatic carbocycles. The van der Waals surface area contributed by atoms with Crippen molar-refractivity contribution >= 4 is 23.4 Å². The molecule has 2 heterocycles. The monoisotopic (exact) mass is 509 g/mol. The van der Waals surface area contributed by atoms with Gasteiger partial charge in [0.25, 0.3) is 5.91 Å². The molecule has 0 bridgehead atoms. The van der Waals surface area contributed by atoms with Gasteiger partial charge in [-0.2, -0.15) is 18.2 Å². The van der Waals surface area contributed by atoms with Crippen molar-refractivity contribution in [2.24, 2.45) is 11.1 Å². The Labute approximate surface area is 203 Å². The van der Waals surface area contributed by atoms with E-state index >= 15 is 0 Å². The van der Waals surface area contributed by atoms with Crippen LogP contribution in [0.3, 0.4) is 0 Å². The molecular formula is C23H23F4N5O2S. The molecule has 3 rings (SSSR count). The molecule has 35 heavy (non-hydrogen) atoms. The van der Waals surface area contributed by atoms with Gasteiger partial charge in [0.15, 0.2) is 0 Å². The highest BCUT2D eigenvalue weighted by Crippen LogP contribution is 2.32. The summed E-state index contributed by atoms with van der Waals surface area (Å²) in [6.45, 7) is 6.23. The SMILES string of the molecule is CC(S/C=C(\N)c1ccc(F)cc1)C(C)(C)CNC(=O)c1cncc(-c2noc(C(F)(F)F)n2)c1. The molecule has 186 valence electrons. The van der Waals surface area contributed by atoms with E-state index in [2.05, 4.69) is 25.0 Å². The first kappa shape index (κ1) is 26.2. The fraction of sp³-hybridized carbons (Fsp3) is 0.304. The fourth-order valence-corrected chi connectivity index (χ4v) is 3.70. The Morgan fingerprint density at radius 3 is 2.51 bits per heavy atom. The van der Waals surface area contributed by atoms with Gasteiger partial charge in [-0.15, -0.1) is 11.8 Å². The zero-order valence-electron chi connectivity index (χ0n) is 19.1. The molecule has 3 N–H and O–H groups in total. The number of rotatable bonds is 8. The van der Waals surface area contributed by atoms with Gasteiger partial charge in [-0.1, -0.05) is 25.9 Å². The Kier molecular flexibility index (Phi) is 7.83. The summed E-state index contributed by atoms with van der Waals surface area (Å²) in [7, 11) is 0. The van der Waals surface area contributed by atoms with Crippen molar-refractivity contribution in [2.45, 2.75) is 32.2 Å². The molecule has 0 aliphatic rings. The number of pyridine rings is 1. The van der Waals surface area contributed by atoms with Crippen molar-refractivity contribution in [1.82, 2.24) is 20.4 Å². The second-order valence-corrected chi connectivity index (χ2v) is 9.63. The van der Waals surface area contributed by atoms with Crippen LogP contribution in [0.25, 0.3) is 17.1 Å². The Morgan fingerprint density at radius 1 is 1.20 bits per heavy atom. The maximum Gasteiger partial charge on any atom is 0.471 e. The highest BCUT2D eigenvalue weighted by molar-refractivity contribution is 8.02. The van der Waals surface area contributed by atoms with Gasteiger partial charge in [0, 0.05) is 35.4 Å². The van der Waals surface area contributed by atoms with E-state index in [9.17, 15) is 22.4 Å². The molecule has 0 saturated heterocycles. The number of nitrogens with one attached hydrogen (secondary N) is 1. The number of aromatic nitrogens is 3. The molecule has 1 unspecified atom stereocenters. The molecule has 0 aliphatic heterocycles. The highest BCUT2D eigenvalue weighted by Gasteiger charge is 2.38. The molecule has 0 radical (unpaired) electrons. The van der Waals surface area contributed by atoms with Crippen LogP contribution in [0.5, 0.6) is 0 Å². The minimum atomic E-state index is -4.77. The Bertz CT molecular complexity index is 1210. The molecule has 0 fully saturated rings. The summed E-state index contributed by atoms with van der Waals surface area (Å²) in [5.41, 5.74) is 7.17. The smallest absolute Gasteiger partial charge is 0.398 e. The van der Waals surface area contributed by atoms with Crippen LogP contribution >= 0.6 is 11.8 Å². The number of halogens is 4. The quantitative estimate of drug-likeness (QED) is 0.406. The molecule has 0 spiro atoms. The van der Waals surface area contributed by atoms with E-state index in [1.165, 1.54) is 42.4 Å². The Balaban J connectivity index is 1.61. The van der Waals surface area contributed by atoms with Gasteiger partial charge >= 0.3 is 12.1 Å². The van der Waals surface area contributed by atoms with Crippen LogP contribution in [0.4, 0.5) is 17.6 Å². The third kappa shape index (κ3) is 6.81. The van der Waals surface area contributed by atoms with Gasteiger partial charge in [0.05, 0.1) is 5.56 Å². The minimum absolute atomic E-state index is 0.0337. The van der Waals surface area contributed by atoms with E-state index in [1.807, 2.05) is 20.8 Å². The van der Waals surface area contributed by atoms with Crippen molar-refractivity contribution < 1.29 is 26.9 Å². The number of hydrogen-bond donors (Lipinski definition) is 2. The topological polar surface area (TPSA) is 107 Å². The van der Waals surface area contributed by atoms with Crippen LogP contribution < -0.4 is 11.1 Å². The fourth-order valence-electron chi connectivity index (χ4n) is 2.77. The Morgan fingerprint density at radius 2 is 1.89 bits per heavy atom. The standard InChI is InChI=1S/C23H23F4N5O2S/c1-13(35-11-18(28)14-4-6-17(24)7-5-14)22(2,3)12-30-20(33)16-8-15(9-29-10-16)19-31-21(34-32-19)23(25,26)27/h4-11,13H,12,28H2,1-3H3,(H,30,33)/b18-11-. The molecule has 2 aromatic heterocycles. The number of hydrogen-bond acceptors (Lipinski definition) is 7. The number of nitrogens with two attached hydrogens (primary N) is 1. The van der Waals surface area contributed by atoms with Crippen molar-refractivity contribution in [2.75, 3.05) is 6.54 Å². The molecule has 12 heteroatoms. The number of amides is 1. The second-order valence-electron chi connectivity index (χ2n) is 8.41. The van der Waals surface area contributed by atoms with Crippen LogP contribution in [0.15, 0.2) is 52.7 Å². The molecule has 3 aromatic rings. The maximum atomic E-state index is 13.1. The summed E-state index contributed by atoms with van der Waals surface area (Å²) in [4.78, 5) is 19.9. The lowest BCUT2D eigenvalue weighted by molar-refractivity contribution is -0.159. The largest absolute Gasteiger partial charge is 0.471 e. The van der Waals surface area contributed by atoms with E-state index in [4.69, 9.17) is 5.73 Å². The highest BCUT2D eigenvalue weighted by atomic mass is 32.2. The number of nitrogens with zero attached hydrogens (tertiary/aromatic N) is 3. The normalized spacial score (nSPS) is 13.5. The number of alkyl halides is 3. The predicted octanol–water partition coefficient (Wildman–Crippen LogP) is 5.12. The lowest BCUT2D eigenvalue weighted by Crippen LogP contribution is -2.39. The number of carbonyl (C=O) groups excluding carboxylic acids is 1. The van der Waals surface area contributed by atoms with Crippen LogP contribution in [-0.2, 0) is 6.18 Å². The first-order chi connectivity index (χ1) is 16.4. The van der Waals surface area contributed by atoms with E-state index in [1.54, 1.807) is 17.5 Å². The lowest BCUT2D eigenvalue weighted by Gasteiger charge is -2.31. The van der Waals surface area contributed by atoms with Gasteiger partial charge in [-0.25, -0.2) is 4.39 Å². The average molecular weight is 510 g/mol. The van der Waals surface area contributed by atoms with Crippen molar-refractivity contribution in [3.05, 3.63) is 71.0 Å². The first-order valence-electron chi connectivity index (χ1n) is 10.4. The first-order valence-corrected chi connectivity index (χ1v) is 11.3. The number of carbonyl (C=O) groups is 1. The lowest BCUT2D eigenvalue weighted by atomic mass is 9.89. The van der Waals surface area contributed by atoms with Crippen molar-refractivity contribution in [3.63, 3.8) is 0 Å². The summed E-state index contributed by atoms with van der Waals surface area (Å²) < 4.78 is 55.4. The summed E-state index contributed by atoms with van der Waals surface area (Å²) in [5.74, 6) is -2.60. The third-order valence-corrected chi connectivity index (χ3v) is 6.75. The summed E-state index contributed by atoms with van der Waals surface area (Å²) in [6.07, 6.45) is -2.24. The zero-order chi connectivity index (χ0) is 25.8. The van der Waals surface area contributed by atoms with Gasteiger partial charge in [0.1, 0.15) is 5.82 Å². The van der Waals surface area contributed by atoms with E-state index in [0.717, 1.165) is 0 Å². The molecule has 1 atom stereocenters. The molecule has 1 aromatic carbocycles. The number of thioether (sulfide) groups is 1. The minimum Gasteiger partial charge on any atom is -0.398 e. The maximum absolute atomic E-state index is 13.1. The summed E-state index contributed by atoms with van der Waals surface area (Å²) in [6, 6.07) is 7.20. The molecule has 1 amide bonds. The second kappa shape index (κ2) is 10.5. The molecule has 7 nitrogen and oxygen atoms in total. The van der Waals surface area contributed by atoms with Crippen LogP contribution in [-0.4, -0.2) is 32.8 Å². The number of benzene rings is 1. The predicted molar refractivity (Wildman–Crippen MR) is 124 cm³/mol.